The number of carbonyl (C=O) groups excluding carboxylic acids is 2. The molecule has 1 aromatic heterocycles. The molecule has 1 atom stereocenters. The maximum atomic E-state index is 13.8. The Morgan fingerprint density at radius 2 is 1.85 bits per heavy atom. The zero-order chi connectivity index (χ0) is 28.1. The summed E-state index contributed by atoms with van der Waals surface area (Å²) in [5.41, 5.74) is 4.56. The normalized spacial score (nSPS) is 23.6. The molecule has 2 saturated heterocycles. The summed E-state index contributed by atoms with van der Waals surface area (Å²) in [6.45, 7) is 10.5. The molecule has 0 N–H and O–H groups in total. The predicted molar refractivity (Wildman–Crippen MR) is 157 cm³/mol. The first kappa shape index (κ1) is 27.1. The molecule has 0 bridgehead atoms. The van der Waals surface area contributed by atoms with Gasteiger partial charge in [-0.25, -0.2) is 4.79 Å². The molecule has 2 aromatic rings. The molecule has 0 aliphatic carbocycles. The molecule has 0 radical (unpaired) electrons. The fourth-order valence-corrected chi connectivity index (χ4v) is 7.24. The fourth-order valence-electron chi connectivity index (χ4n) is 6.29. The number of fused-ring (bicyclic) bond motifs is 1. The summed E-state index contributed by atoms with van der Waals surface area (Å²) in [5.74, 6) is 1.14. The molecule has 9 heteroatoms. The van der Waals surface area contributed by atoms with Crippen LogP contribution in [0.3, 0.4) is 0 Å². The second kappa shape index (κ2) is 10.4. The number of hydrogen-bond donors (Lipinski definition) is 0. The topological polar surface area (TPSA) is 67.7 Å². The molecule has 0 spiro atoms. The van der Waals surface area contributed by atoms with Gasteiger partial charge in [-0.05, 0) is 58.2 Å². The van der Waals surface area contributed by atoms with Gasteiger partial charge in [0.05, 0.1) is 42.0 Å². The number of piperidine rings is 1. The lowest BCUT2D eigenvalue weighted by Crippen LogP contribution is -2.56. The highest BCUT2D eigenvalue weighted by Crippen LogP contribution is 2.45. The number of hydrogen-bond acceptors (Lipinski definition) is 6. The van der Waals surface area contributed by atoms with Crippen LogP contribution in [0.4, 0.5) is 0 Å². The molecule has 1 aromatic carbocycles. The van der Waals surface area contributed by atoms with Crippen LogP contribution in [0.2, 0.25) is 0 Å². The molecule has 4 aliphatic heterocycles. The minimum Gasteiger partial charge on any atom is -0.456 e. The third kappa shape index (κ3) is 4.84. The highest BCUT2D eigenvalue weighted by Gasteiger charge is 2.55. The number of aromatic nitrogens is 2. The van der Waals surface area contributed by atoms with Crippen LogP contribution in [0.25, 0.3) is 11.3 Å². The Labute approximate surface area is 240 Å². The van der Waals surface area contributed by atoms with Gasteiger partial charge in [0, 0.05) is 18.4 Å². The van der Waals surface area contributed by atoms with Crippen molar-refractivity contribution in [2.75, 3.05) is 37.8 Å². The van der Waals surface area contributed by atoms with Gasteiger partial charge >= 0.3 is 5.97 Å². The number of nitrogens with zero attached hydrogens (tertiary/aromatic N) is 5. The molecule has 0 saturated carbocycles. The van der Waals surface area contributed by atoms with Crippen LogP contribution in [0.15, 0.2) is 71.6 Å². The fraction of sp³-hybridized carbons (Fsp3) is 0.452. The first-order valence-corrected chi connectivity index (χ1v) is 15.3. The van der Waals surface area contributed by atoms with E-state index >= 15 is 0 Å². The van der Waals surface area contributed by atoms with Gasteiger partial charge in [-0.3, -0.25) is 9.48 Å². The maximum Gasteiger partial charge on any atom is 0.345 e. The summed E-state index contributed by atoms with van der Waals surface area (Å²) in [7, 11) is 0. The van der Waals surface area contributed by atoms with Gasteiger partial charge in [0.1, 0.15) is 23.9 Å². The van der Waals surface area contributed by atoms with Crippen molar-refractivity contribution in [2.45, 2.75) is 52.2 Å². The standard InChI is InChI=1S/C31H38N5O3S/c1-22-19-26(23-9-6-5-7-10-23)35(32-22)24-12-14-34(15-13-24)36-17-8-11-27(36)28(30(38)39-31(2,3)4)25(20-36)29(37)33-16-18-40-21-33/h5-11,17,19,24H,12-16,18,20-21H2,1-4H3/q+1/t36-/m1/s1. The van der Waals surface area contributed by atoms with Crippen molar-refractivity contribution in [1.82, 2.24) is 19.7 Å². The molecule has 5 heterocycles. The van der Waals surface area contributed by atoms with Crippen LogP contribution in [-0.4, -0.2) is 79.6 Å². The quantitative estimate of drug-likeness (QED) is 0.386. The third-order valence-corrected chi connectivity index (χ3v) is 9.05. The molecule has 40 heavy (non-hydrogen) atoms. The van der Waals surface area contributed by atoms with Crippen molar-refractivity contribution >= 4 is 23.6 Å². The van der Waals surface area contributed by atoms with E-state index < -0.39 is 11.6 Å². The van der Waals surface area contributed by atoms with Gasteiger partial charge in [-0.15, -0.1) is 16.8 Å². The summed E-state index contributed by atoms with van der Waals surface area (Å²) < 4.78 is 8.44. The first-order valence-electron chi connectivity index (χ1n) is 14.1. The SMILES string of the molecule is Cc1cc(-c2ccccc2)n(C2CCN([N@@+]34C=CC=C3C(C(=O)OC(C)(C)C)=C(C(=O)N3CCSC3)C4)CC2)n1. The number of allylic oxidation sites excluding steroid dienone is 2. The number of aryl methyl sites for hydroxylation is 1. The van der Waals surface area contributed by atoms with Gasteiger partial charge in [0.25, 0.3) is 5.91 Å². The summed E-state index contributed by atoms with van der Waals surface area (Å²) in [5, 5.41) is 7.30. The molecule has 4 aliphatic rings. The minimum atomic E-state index is -0.650. The van der Waals surface area contributed by atoms with Crippen LogP contribution in [0.5, 0.6) is 0 Å². The van der Waals surface area contributed by atoms with Crippen molar-refractivity contribution in [3.63, 3.8) is 0 Å². The van der Waals surface area contributed by atoms with Crippen LogP contribution in [0.1, 0.15) is 45.3 Å². The van der Waals surface area contributed by atoms with Crippen LogP contribution in [-0.2, 0) is 14.3 Å². The minimum absolute atomic E-state index is 0.0403. The van der Waals surface area contributed by atoms with E-state index in [9.17, 15) is 9.59 Å². The number of amides is 1. The van der Waals surface area contributed by atoms with E-state index in [0.29, 0.717) is 34.7 Å². The van der Waals surface area contributed by atoms with Crippen LogP contribution < -0.4 is 0 Å². The lowest BCUT2D eigenvalue weighted by atomic mass is 10.0. The maximum absolute atomic E-state index is 13.8. The Balaban J connectivity index is 1.26. The highest BCUT2D eigenvalue weighted by atomic mass is 32.2. The third-order valence-electron chi connectivity index (χ3n) is 8.08. The van der Waals surface area contributed by atoms with E-state index in [-0.39, 0.29) is 11.9 Å². The highest BCUT2D eigenvalue weighted by molar-refractivity contribution is 7.99. The van der Waals surface area contributed by atoms with Gasteiger partial charge in [0.15, 0.2) is 5.70 Å². The monoisotopic (exact) mass is 560 g/mol. The largest absolute Gasteiger partial charge is 0.456 e. The number of carbonyl (C=O) groups is 2. The Bertz CT molecular complexity index is 1410. The van der Waals surface area contributed by atoms with Gasteiger partial charge < -0.3 is 9.64 Å². The second-order valence-electron chi connectivity index (χ2n) is 12.0. The van der Waals surface area contributed by atoms with Gasteiger partial charge in [0.2, 0.25) is 0 Å². The van der Waals surface area contributed by atoms with E-state index in [0.717, 1.165) is 48.8 Å². The second-order valence-corrected chi connectivity index (χ2v) is 13.1. The van der Waals surface area contributed by atoms with E-state index in [4.69, 9.17) is 9.84 Å². The van der Waals surface area contributed by atoms with E-state index in [1.54, 1.807) is 11.8 Å². The number of rotatable bonds is 5. The number of thioether (sulfide) groups is 1. The lowest BCUT2D eigenvalue weighted by Gasteiger charge is -2.43. The van der Waals surface area contributed by atoms with Crippen molar-refractivity contribution in [2.24, 2.45) is 0 Å². The van der Waals surface area contributed by atoms with Crippen molar-refractivity contribution < 1.29 is 18.9 Å². The molecule has 6 rings (SSSR count). The molecule has 1 amide bonds. The van der Waals surface area contributed by atoms with Gasteiger partial charge in [-0.2, -0.15) is 9.69 Å². The van der Waals surface area contributed by atoms with Crippen molar-refractivity contribution in [3.05, 3.63) is 77.3 Å². The average molecular weight is 561 g/mol. The number of benzene rings is 1. The Kier molecular flexibility index (Phi) is 7.01. The van der Waals surface area contributed by atoms with E-state index in [1.165, 1.54) is 5.56 Å². The summed E-state index contributed by atoms with van der Waals surface area (Å²) in [4.78, 5) is 29.2. The summed E-state index contributed by atoms with van der Waals surface area (Å²) in [6, 6.07) is 12.9. The summed E-state index contributed by atoms with van der Waals surface area (Å²) in [6.07, 6.45) is 8.00. The molecule has 2 fully saturated rings. The molecular formula is C31H38N5O3S+. The number of esters is 1. The van der Waals surface area contributed by atoms with E-state index in [2.05, 4.69) is 46.2 Å². The zero-order valence-corrected chi connectivity index (χ0v) is 24.6. The molecule has 210 valence electrons. The van der Waals surface area contributed by atoms with E-state index in [1.807, 2.05) is 50.8 Å². The Hall–Kier alpha value is -3.14. The Morgan fingerprint density at radius 1 is 1.10 bits per heavy atom. The van der Waals surface area contributed by atoms with Crippen molar-refractivity contribution in [1.29, 1.82) is 0 Å². The Morgan fingerprint density at radius 3 is 2.52 bits per heavy atom. The smallest absolute Gasteiger partial charge is 0.345 e. The summed E-state index contributed by atoms with van der Waals surface area (Å²) >= 11 is 1.75. The number of quaternary nitrogens is 1. The van der Waals surface area contributed by atoms with Crippen molar-refractivity contribution in [3.8, 4) is 11.3 Å². The zero-order valence-electron chi connectivity index (χ0n) is 23.8. The average Bonchev–Trinajstić information content (AvgIpc) is 3.71. The molecular weight excluding hydrogens is 522 g/mol. The number of ether oxygens (including phenoxy) is 1. The first-order chi connectivity index (χ1) is 19.2. The molecule has 8 nitrogen and oxygen atoms in total. The molecule has 0 unspecified atom stereocenters. The van der Waals surface area contributed by atoms with Crippen LogP contribution in [0, 0.1) is 6.92 Å². The lowest BCUT2D eigenvalue weighted by molar-refractivity contribution is -0.949. The predicted octanol–water partition coefficient (Wildman–Crippen LogP) is 4.82. The van der Waals surface area contributed by atoms with Crippen LogP contribution >= 0.6 is 11.8 Å². The van der Waals surface area contributed by atoms with Gasteiger partial charge in [-0.1, -0.05) is 30.3 Å².